The molecule has 3 rings (SSSR count). The number of hydrogen-bond donors (Lipinski definition) is 0. The first-order valence-electron chi connectivity index (χ1n) is 7.20. The van der Waals surface area contributed by atoms with E-state index in [4.69, 9.17) is 0 Å². The van der Waals surface area contributed by atoms with Gasteiger partial charge in [0.2, 0.25) is 0 Å². The second-order valence-electron chi connectivity index (χ2n) is 5.46. The molecule has 0 bridgehead atoms. The molecular formula is C19H20Se. The molecule has 1 aliphatic rings. The summed E-state index contributed by atoms with van der Waals surface area (Å²) in [5, 5.41) is 0. The molecule has 0 radical (unpaired) electrons. The third kappa shape index (κ3) is 2.26. The average molecular weight is 327 g/mol. The van der Waals surface area contributed by atoms with E-state index < -0.39 is 0 Å². The van der Waals surface area contributed by atoms with Crippen molar-refractivity contribution in [3.05, 3.63) is 83.9 Å². The summed E-state index contributed by atoms with van der Waals surface area (Å²) in [5.74, 6) is 0.545. The van der Waals surface area contributed by atoms with Gasteiger partial charge in [-0.3, -0.25) is 0 Å². The summed E-state index contributed by atoms with van der Waals surface area (Å²) >= 11 is 0.518. The number of hydrogen-bond acceptors (Lipinski definition) is 0. The minimum absolute atomic E-state index is 0.170. The van der Waals surface area contributed by atoms with Crippen LogP contribution in [0.2, 0.25) is 4.82 Å². The van der Waals surface area contributed by atoms with Crippen molar-refractivity contribution in [1.29, 1.82) is 0 Å². The maximum absolute atomic E-state index is 2.41. The quantitative estimate of drug-likeness (QED) is 0.556. The summed E-state index contributed by atoms with van der Waals surface area (Å²) in [5.41, 5.74) is 2.94. The normalized spacial score (nSPS) is 24.5. The molecule has 0 saturated carbocycles. The van der Waals surface area contributed by atoms with Gasteiger partial charge in [-0.1, -0.05) is 0 Å². The van der Waals surface area contributed by atoms with Crippen molar-refractivity contribution in [2.24, 2.45) is 5.92 Å². The Morgan fingerprint density at radius 3 is 1.75 bits per heavy atom. The molecule has 0 aliphatic carbocycles. The summed E-state index contributed by atoms with van der Waals surface area (Å²) < 4.78 is 0.170. The summed E-state index contributed by atoms with van der Waals surface area (Å²) in [7, 11) is 0. The second-order valence-corrected chi connectivity index (χ2v) is 8.87. The molecule has 0 spiro atoms. The maximum atomic E-state index is 2.41. The molecule has 2 aromatic carbocycles. The molecule has 1 aliphatic heterocycles. The molecule has 0 N–H and O–H groups in total. The van der Waals surface area contributed by atoms with Gasteiger partial charge in [0.1, 0.15) is 0 Å². The van der Waals surface area contributed by atoms with Crippen LogP contribution in [0.15, 0.2) is 72.8 Å². The molecule has 0 nitrogen and oxygen atoms in total. The van der Waals surface area contributed by atoms with Crippen LogP contribution in [0.4, 0.5) is 0 Å². The number of allylic oxidation sites excluding steroid dienone is 2. The SMILES string of the molecule is C[C@@H]1C=C[C@H](C)[Se]C1(c1ccccc1)c1ccccc1. The van der Waals surface area contributed by atoms with Crippen LogP contribution in [0.5, 0.6) is 0 Å². The van der Waals surface area contributed by atoms with Crippen LogP contribution in [-0.4, -0.2) is 15.0 Å². The van der Waals surface area contributed by atoms with Crippen molar-refractivity contribution in [2.75, 3.05) is 0 Å². The third-order valence-electron chi connectivity index (χ3n) is 4.09. The van der Waals surface area contributed by atoms with Crippen molar-refractivity contribution in [2.45, 2.75) is 23.0 Å². The second kappa shape index (κ2) is 5.60. The van der Waals surface area contributed by atoms with Crippen molar-refractivity contribution in [3.8, 4) is 0 Å². The predicted molar refractivity (Wildman–Crippen MR) is 87.1 cm³/mol. The molecule has 0 amide bonds. The Hall–Kier alpha value is -1.30. The monoisotopic (exact) mass is 328 g/mol. The van der Waals surface area contributed by atoms with Gasteiger partial charge in [0.15, 0.2) is 0 Å². The first kappa shape index (κ1) is 13.7. The summed E-state index contributed by atoms with van der Waals surface area (Å²) in [6.07, 6.45) is 4.81. The molecule has 2 atom stereocenters. The zero-order valence-corrected chi connectivity index (χ0v) is 13.7. The van der Waals surface area contributed by atoms with Gasteiger partial charge in [-0.15, -0.1) is 0 Å². The molecule has 2 aromatic rings. The van der Waals surface area contributed by atoms with E-state index in [9.17, 15) is 0 Å². The van der Waals surface area contributed by atoms with Crippen LogP contribution in [0.3, 0.4) is 0 Å². The number of benzene rings is 2. The molecular weight excluding hydrogens is 307 g/mol. The first-order chi connectivity index (χ1) is 9.73. The van der Waals surface area contributed by atoms with Crippen molar-refractivity contribution in [1.82, 2.24) is 0 Å². The van der Waals surface area contributed by atoms with Crippen LogP contribution < -0.4 is 0 Å². The van der Waals surface area contributed by atoms with E-state index in [1.807, 2.05) is 0 Å². The molecule has 0 fully saturated rings. The van der Waals surface area contributed by atoms with Gasteiger partial charge in [-0.25, -0.2) is 0 Å². The van der Waals surface area contributed by atoms with Crippen LogP contribution in [0, 0.1) is 5.92 Å². The van der Waals surface area contributed by atoms with Gasteiger partial charge < -0.3 is 0 Å². The molecule has 0 aromatic heterocycles. The molecule has 0 unspecified atom stereocenters. The van der Waals surface area contributed by atoms with E-state index in [2.05, 4.69) is 86.7 Å². The Bertz CT molecular complexity index is 546. The topological polar surface area (TPSA) is 0 Å². The van der Waals surface area contributed by atoms with Crippen LogP contribution in [-0.2, 0) is 4.31 Å². The summed E-state index contributed by atoms with van der Waals surface area (Å²) in [4.78, 5) is 0.680. The fourth-order valence-corrected chi connectivity index (χ4v) is 6.44. The van der Waals surface area contributed by atoms with Gasteiger partial charge in [0.25, 0.3) is 0 Å². The van der Waals surface area contributed by atoms with E-state index >= 15 is 0 Å². The van der Waals surface area contributed by atoms with E-state index in [1.54, 1.807) is 0 Å². The zero-order valence-electron chi connectivity index (χ0n) is 12.0. The van der Waals surface area contributed by atoms with Gasteiger partial charge in [0, 0.05) is 0 Å². The van der Waals surface area contributed by atoms with Gasteiger partial charge >= 0.3 is 128 Å². The minimum atomic E-state index is 0.170. The van der Waals surface area contributed by atoms with Crippen LogP contribution in [0.25, 0.3) is 0 Å². The first-order valence-corrected chi connectivity index (χ1v) is 9.05. The zero-order chi connectivity index (χ0) is 14.0. The van der Waals surface area contributed by atoms with Gasteiger partial charge in [-0.05, 0) is 0 Å². The van der Waals surface area contributed by atoms with E-state index in [1.165, 1.54) is 11.1 Å². The van der Waals surface area contributed by atoms with Crippen molar-refractivity contribution in [3.63, 3.8) is 0 Å². The Kier molecular flexibility index (Phi) is 3.83. The van der Waals surface area contributed by atoms with Crippen LogP contribution >= 0.6 is 0 Å². The number of rotatable bonds is 2. The molecule has 1 heteroatoms. The Morgan fingerprint density at radius 1 is 0.750 bits per heavy atom. The molecule has 0 saturated heterocycles. The van der Waals surface area contributed by atoms with E-state index in [0.29, 0.717) is 25.7 Å². The fourth-order valence-electron chi connectivity index (χ4n) is 3.10. The van der Waals surface area contributed by atoms with Crippen LogP contribution in [0.1, 0.15) is 25.0 Å². The van der Waals surface area contributed by atoms with Gasteiger partial charge in [0.05, 0.1) is 0 Å². The van der Waals surface area contributed by atoms with E-state index in [-0.39, 0.29) is 4.31 Å². The van der Waals surface area contributed by atoms with Crippen molar-refractivity contribution >= 4 is 15.0 Å². The fraction of sp³-hybridized carbons (Fsp3) is 0.263. The summed E-state index contributed by atoms with van der Waals surface area (Å²) in [6, 6.07) is 22.1. The predicted octanol–water partition coefficient (Wildman–Crippen LogP) is 4.65. The molecule has 1 heterocycles. The standard InChI is InChI=1S/C19H20Se/c1-15-13-14-16(2)20-19(15,17-9-5-3-6-10-17)18-11-7-4-8-12-18/h3-16H,1-2H3/t15-,16+/m1/s1. The van der Waals surface area contributed by atoms with Gasteiger partial charge in [-0.2, -0.15) is 0 Å². The van der Waals surface area contributed by atoms with E-state index in [0.717, 1.165) is 0 Å². The Balaban J connectivity index is 2.21. The van der Waals surface area contributed by atoms with Crippen molar-refractivity contribution < 1.29 is 0 Å². The average Bonchev–Trinajstić information content (AvgIpc) is 2.51. The Labute approximate surface area is 128 Å². The third-order valence-corrected chi connectivity index (χ3v) is 7.75. The Morgan fingerprint density at radius 2 is 1.25 bits per heavy atom. The molecule has 20 heavy (non-hydrogen) atoms. The molecule has 102 valence electrons. The summed E-state index contributed by atoms with van der Waals surface area (Å²) in [6.45, 7) is 4.72.